The summed E-state index contributed by atoms with van der Waals surface area (Å²) in [5, 5.41) is 9.90. The third-order valence-corrected chi connectivity index (χ3v) is 9.50. The maximum atomic E-state index is 13.5. The molecule has 0 radical (unpaired) electrons. The lowest BCUT2D eigenvalue weighted by Gasteiger charge is -2.33. The molecule has 1 amide bonds. The molecule has 0 N–H and O–H groups in total. The molecule has 2 fully saturated rings. The Morgan fingerprint density at radius 1 is 0.875 bits per heavy atom. The van der Waals surface area contributed by atoms with E-state index in [1.165, 1.54) is 69.5 Å². The Balaban J connectivity index is 1.76. The molecule has 0 bridgehead atoms. The van der Waals surface area contributed by atoms with Crippen molar-refractivity contribution in [3.05, 3.63) is 31.9 Å². The first kappa shape index (κ1) is 32.4. The van der Waals surface area contributed by atoms with Gasteiger partial charge in [-0.3, -0.25) is 19.1 Å². The predicted molar refractivity (Wildman–Crippen MR) is 173 cm³/mol. The van der Waals surface area contributed by atoms with Gasteiger partial charge < -0.3 is 4.90 Å². The fraction of sp³-hybridized carbons (Fsp3) is 0.688. The van der Waals surface area contributed by atoms with E-state index in [0.717, 1.165) is 63.0 Å². The number of carbonyl (C=O) groups excluding carboxylic acids is 1. The van der Waals surface area contributed by atoms with E-state index in [1.807, 2.05) is 13.0 Å². The first-order chi connectivity index (χ1) is 19.4. The van der Waals surface area contributed by atoms with Crippen molar-refractivity contribution in [2.24, 2.45) is 0 Å². The second-order valence-electron chi connectivity index (χ2n) is 11.2. The Morgan fingerprint density at radius 3 is 2.08 bits per heavy atom. The SMILES string of the molecule is CCCCCCCCCCCCN1C(=O)/C(=C/c2c(C)c(C#N)c(=O)n(CCCC)c2N2CCCCC2)SC1=S. The third-order valence-electron chi connectivity index (χ3n) is 8.12. The predicted octanol–water partition coefficient (Wildman–Crippen LogP) is 7.94. The molecule has 3 rings (SSSR count). The van der Waals surface area contributed by atoms with Crippen molar-refractivity contribution in [3.63, 3.8) is 0 Å². The number of nitriles is 1. The van der Waals surface area contributed by atoms with Gasteiger partial charge in [-0.05, 0) is 50.7 Å². The van der Waals surface area contributed by atoms with Gasteiger partial charge in [-0.25, -0.2) is 0 Å². The summed E-state index contributed by atoms with van der Waals surface area (Å²) < 4.78 is 2.39. The number of unbranched alkanes of at least 4 members (excludes halogenated alkanes) is 10. The smallest absolute Gasteiger partial charge is 0.270 e. The number of pyridine rings is 1. The minimum Gasteiger partial charge on any atom is -0.357 e. The second kappa shape index (κ2) is 17.0. The number of hydrogen-bond acceptors (Lipinski definition) is 6. The molecule has 1 aromatic heterocycles. The summed E-state index contributed by atoms with van der Waals surface area (Å²) in [5.74, 6) is 0.800. The zero-order valence-electron chi connectivity index (χ0n) is 24.9. The summed E-state index contributed by atoms with van der Waals surface area (Å²) in [7, 11) is 0. The Bertz CT molecular complexity index is 1150. The largest absolute Gasteiger partial charge is 0.357 e. The molecule has 0 aromatic carbocycles. The maximum absolute atomic E-state index is 13.5. The summed E-state index contributed by atoms with van der Waals surface area (Å²) >= 11 is 6.98. The van der Waals surface area contributed by atoms with E-state index in [2.05, 4.69) is 24.8 Å². The van der Waals surface area contributed by atoms with Gasteiger partial charge in [0.2, 0.25) is 0 Å². The fourth-order valence-electron chi connectivity index (χ4n) is 5.70. The second-order valence-corrected chi connectivity index (χ2v) is 12.9. The summed E-state index contributed by atoms with van der Waals surface area (Å²) in [6.45, 7) is 9.16. The number of hydrogen-bond donors (Lipinski definition) is 0. The zero-order chi connectivity index (χ0) is 28.9. The van der Waals surface area contributed by atoms with E-state index in [9.17, 15) is 14.9 Å². The van der Waals surface area contributed by atoms with E-state index >= 15 is 0 Å². The van der Waals surface area contributed by atoms with Crippen molar-refractivity contribution in [1.29, 1.82) is 5.26 Å². The van der Waals surface area contributed by atoms with Crippen LogP contribution in [-0.2, 0) is 11.3 Å². The van der Waals surface area contributed by atoms with Gasteiger partial charge in [0.15, 0.2) is 0 Å². The van der Waals surface area contributed by atoms with Gasteiger partial charge >= 0.3 is 0 Å². The van der Waals surface area contributed by atoms with Crippen LogP contribution in [0.3, 0.4) is 0 Å². The van der Waals surface area contributed by atoms with Crippen LogP contribution in [-0.4, -0.2) is 39.3 Å². The molecule has 3 heterocycles. The van der Waals surface area contributed by atoms with E-state index in [4.69, 9.17) is 12.2 Å². The molecule has 40 heavy (non-hydrogen) atoms. The minimum atomic E-state index is -0.223. The first-order valence-corrected chi connectivity index (χ1v) is 16.8. The number of thiocarbonyl (C=S) groups is 1. The lowest BCUT2D eigenvalue weighted by molar-refractivity contribution is -0.122. The highest BCUT2D eigenvalue weighted by Gasteiger charge is 2.33. The van der Waals surface area contributed by atoms with E-state index in [-0.39, 0.29) is 17.0 Å². The highest BCUT2D eigenvalue weighted by atomic mass is 32.2. The molecule has 6 nitrogen and oxygen atoms in total. The number of amides is 1. The Kier molecular flexibility index (Phi) is 13.8. The van der Waals surface area contributed by atoms with Crippen LogP contribution in [0.5, 0.6) is 0 Å². The average Bonchev–Trinajstić information content (AvgIpc) is 3.22. The van der Waals surface area contributed by atoms with Crippen LogP contribution in [0.4, 0.5) is 5.82 Å². The third kappa shape index (κ3) is 8.45. The molecule has 1 aromatic rings. The van der Waals surface area contributed by atoms with Crippen LogP contribution in [0.15, 0.2) is 9.70 Å². The number of thioether (sulfide) groups is 1. The quantitative estimate of drug-likeness (QED) is 0.112. The molecule has 2 aliphatic rings. The molecule has 0 atom stereocenters. The van der Waals surface area contributed by atoms with Crippen molar-refractivity contribution in [3.8, 4) is 6.07 Å². The normalized spacial score (nSPS) is 16.8. The Hall–Kier alpha value is -2.11. The van der Waals surface area contributed by atoms with Crippen molar-refractivity contribution < 1.29 is 4.79 Å². The molecule has 2 aliphatic heterocycles. The van der Waals surface area contributed by atoms with E-state index in [1.54, 1.807) is 9.47 Å². The number of piperidine rings is 1. The van der Waals surface area contributed by atoms with Gasteiger partial charge in [-0.15, -0.1) is 0 Å². The molecule has 0 saturated carbocycles. The molecule has 220 valence electrons. The van der Waals surface area contributed by atoms with Crippen LogP contribution < -0.4 is 10.5 Å². The van der Waals surface area contributed by atoms with Crippen LogP contribution in [0.1, 0.15) is 127 Å². The van der Waals surface area contributed by atoms with Gasteiger partial charge in [-0.2, -0.15) is 5.26 Å². The molecular weight excluding hydrogens is 537 g/mol. The topological polar surface area (TPSA) is 69.3 Å². The monoisotopic (exact) mass is 584 g/mol. The molecule has 8 heteroatoms. The van der Waals surface area contributed by atoms with E-state index < -0.39 is 0 Å². The number of aromatic nitrogens is 1. The first-order valence-electron chi connectivity index (χ1n) is 15.6. The Morgan fingerprint density at radius 2 is 1.48 bits per heavy atom. The lowest BCUT2D eigenvalue weighted by atomic mass is 10.0. The van der Waals surface area contributed by atoms with Crippen LogP contribution in [0.2, 0.25) is 0 Å². The van der Waals surface area contributed by atoms with Crippen LogP contribution in [0, 0.1) is 18.3 Å². The summed E-state index contributed by atoms with van der Waals surface area (Å²) in [4.78, 5) is 31.5. The summed E-state index contributed by atoms with van der Waals surface area (Å²) in [5.41, 5.74) is 1.41. The van der Waals surface area contributed by atoms with Crippen molar-refractivity contribution in [2.45, 2.75) is 124 Å². The highest BCUT2D eigenvalue weighted by molar-refractivity contribution is 8.26. The standard InChI is InChI=1S/C32H48N4O2S2/c1-4-6-8-9-10-11-12-13-14-18-22-36-31(38)28(40-32(36)39)23-26-25(3)27(24-33)30(37)35(21-7-5-2)29(26)34-19-16-15-17-20-34/h23H,4-22H2,1-3H3/b28-23-. The average molecular weight is 585 g/mol. The highest BCUT2D eigenvalue weighted by Crippen LogP contribution is 2.36. The van der Waals surface area contributed by atoms with Crippen molar-refractivity contribution in [1.82, 2.24) is 9.47 Å². The van der Waals surface area contributed by atoms with Gasteiger partial charge in [0.25, 0.3) is 11.5 Å². The molecule has 0 spiro atoms. The van der Waals surface area contributed by atoms with Crippen molar-refractivity contribution >= 4 is 46.1 Å². The molecule has 0 aliphatic carbocycles. The Labute approximate surface area is 251 Å². The summed E-state index contributed by atoms with van der Waals surface area (Å²) in [6, 6.07) is 2.16. The molecule has 2 saturated heterocycles. The summed E-state index contributed by atoms with van der Waals surface area (Å²) in [6.07, 6.45) is 19.5. The number of rotatable bonds is 16. The fourth-order valence-corrected chi connectivity index (χ4v) is 6.99. The van der Waals surface area contributed by atoms with Crippen molar-refractivity contribution in [2.75, 3.05) is 24.5 Å². The van der Waals surface area contributed by atoms with Gasteiger partial charge in [0, 0.05) is 31.7 Å². The van der Waals surface area contributed by atoms with Crippen LogP contribution in [0.25, 0.3) is 6.08 Å². The van der Waals surface area contributed by atoms with Gasteiger partial charge in [0.1, 0.15) is 21.8 Å². The maximum Gasteiger partial charge on any atom is 0.270 e. The number of nitrogens with zero attached hydrogens (tertiary/aromatic N) is 4. The zero-order valence-corrected chi connectivity index (χ0v) is 26.6. The molecular formula is C32H48N4O2S2. The number of anilines is 1. The van der Waals surface area contributed by atoms with Gasteiger partial charge in [0.05, 0.1) is 4.91 Å². The minimum absolute atomic E-state index is 0.0558. The van der Waals surface area contributed by atoms with E-state index in [0.29, 0.717) is 27.9 Å². The lowest BCUT2D eigenvalue weighted by Crippen LogP contribution is -2.37. The molecule has 0 unspecified atom stereocenters. The number of carbonyl (C=O) groups is 1. The van der Waals surface area contributed by atoms with Crippen LogP contribution >= 0.6 is 24.0 Å². The van der Waals surface area contributed by atoms with Gasteiger partial charge in [-0.1, -0.05) is 102 Å².